The maximum absolute atomic E-state index is 12.0. The molecule has 13 nitrogen and oxygen atoms in total. The minimum Gasteiger partial charge on any atom is -0.459 e. The first-order chi connectivity index (χ1) is 19.7. The highest BCUT2D eigenvalue weighted by atomic mass is 16.6. The van der Waals surface area contributed by atoms with Crippen molar-refractivity contribution in [2.45, 2.75) is 52.7 Å². The molecule has 0 fully saturated rings. The van der Waals surface area contributed by atoms with Crippen LogP contribution in [0.5, 0.6) is 0 Å². The maximum atomic E-state index is 12.0. The van der Waals surface area contributed by atoms with Crippen LogP contribution in [0.25, 0.3) is 0 Å². The zero-order chi connectivity index (χ0) is 32.1. The van der Waals surface area contributed by atoms with Gasteiger partial charge in [0, 0.05) is 48.6 Å². The van der Waals surface area contributed by atoms with Crippen molar-refractivity contribution in [2.24, 2.45) is 0 Å². The Morgan fingerprint density at radius 2 is 0.786 bits per heavy atom. The van der Waals surface area contributed by atoms with Gasteiger partial charge < -0.3 is 39.1 Å². The number of carbonyl (C=O) groups is 5. The summed E-state index contributed by atoms with van der Waals surface area (Å²) in [6.07, 6.45) is -0.544. The molecule has 0 aromatic carbocycles. The van der Waals surface area contributed by atoms with E-state index in [0.29, 0.717) is 12.8 Å². The zero-order valence-corrected chi connectivity index (χ0v) is 25.0. The Morgan fingerprint density at radius 1 is 0.524 bits per heavy atom. The number of esters is 4. The van der Waals surface area contributed by atoms with Gasteiger partial charge in [-0.3, -0.25) is 0 Å². The number of carbonyl (C=O) groups excluding carboxylic acids is 5. The molecule has 0 rings (SSSR count). The summed E-state index contributed by atoms with van der Waals surface area (Å²) in [4.78, 5) is 58.7. The van der Waals surface area contributed by atoms with Gasteiger partial charge in [0.1, 0.15) is 38.6 Å². The second kappa shape index (κ2) is 21.7. The van der Waals surface area contributed by atoms with Gasteiger partial charge in [-0.1, -0.05) is 26.3 Å². The van der Waals surface area contributed by atoms with E-state index in [-0.39, 0.29) is 75.0 Å². The van der Waals surface area contributed by atoms with Crippen LogP contribution in [-0.4, -0.2) is 94.8 Å². The van der Waals surface area contributed by atoms with Gasteiger partial charge in [-0.05, 0) is 40.5 Å². The molecule has 0 bridgehead atoms. The first kappa shape index (κ1) is 38.0. The van der Waals surface area contributed by atoms with Crippen LogP contribution in [0.3, 0.4) is 0 Å². The number of urea groups is 1. The molecule has 0 saturated carbocycles. The van der Waals surface area contributed by atoms with E-state index in [1.165, 1.54) is 27.7 Å². The van der Waals surface area contributed by atoms with Crippen molar-refractivity contribution in [1.29, 1.82) is 0 Å². The molecular formula is C29H44N2O11. The molecule has 0 aliphatic heterocycles. The highest BCUT2D eigenvalue weighted by Gasteiger charge is 2.18. The number of amides is 2. The van der Waals surface area contributed by atoms with E-state index in [0.717, 1.165) is 0 Å². The molecule has 0 aliphatic carbocycles. The van der Waals surface area contributed by atoms with E-state index in [2.05, 4.69) is 36.9 Å². The summed E-state index contributed by atoms with van der Waals surface area (Å²) >= 11 is 0. The third-order valence-corrected chi connectivity index (χ3v) is 4.92. The highest BCUT2D eigenvalue weighted by molar-refractivity contribution is 5.88. The van der Waals surface area contributed by atoms with Crippen molar-refractivity contribution in [2.75, 3.05) is 52.7 Å². The summed E-state index contributed by atoms with van der Waals surface area (Å²) in [6, 6.07) is -0.403. The molecule has 0 radical (unpaired) electrons. The molecule has 2 amide bonds. The highest BCUT2D eigenvalue weighted by Crippen LogP contribution is 2.04. The number of rotatable bonds is 22. The van der Waals surface area contributed by atoms with Gasteiger partial charge in [0.2, 0.25) is 0 Å². The van der Waals surface area contributed by atoms with E-state index < -0.39 is 42.1 Å². The minimum absolute atomic E-state index is 0.140. The SMILES string of the molecule is C=C(C)C(=O)OCC(COC(=O)C(=C)C)OCCCNC(=O)NCCCOC(COC(=O)C(=C)C)COC(=O)C(=C)C. The third-order valence-electron chi connectivity index (χ3n) is 4.92. The second-order valence-electron chi connectivity index (χ2n) is 9.39. The van der Waals surface area contributed by atoms with Crippen LogP contribution < -0.4 is 10.6 Å². The van der Waals surface area contributed by atoms with E-state index in [1.807, 2.05) is 0 Å². The molecule has 0 unspecified atom stereocenters. The van der Waals surface area contributed by atoms with E-state index >= 15 is 0 Å². The average molecular weight is 597 g/mol. The fourth-order valence-corrected chi connectivity index (χ4v) is 2.57. The van der Waals surface area contributed by atoms with Crippen molar-refractivity contribution in [3.05, 3.63) is 48.6 Å². The van der Waals surface area contributed by atoms with Crippen LogP contribution in [-0.2, 0) is 47.6 Å². The van der Waals surface area contributed by atoms with Crippen LogP contribution in [0.1, 0.15) is 40.5 Å². The molecule has 0 heterocycles. The standard InChI is InChI=1S/C29H44N2O11/c1-19(2)25(32)39-15-23(16-40-26(33)20(3)4)37-13-9-11-30-29(36)31-12-10-14-38-24(17-41-27(34)21(5)6)18-42-28(35)22(7)8/h23-24H,1,3,5,7,9-18H2,2,4,6,8H3,(H2,30,31,36). The Kier molecular flexibility index (Phi) is 19.7. The number of ether oxygens (including phenoxy) is 6. The molecule has 42 heavy (non-hydrogen) atoms. The third kappa shape index (κ3) is 19.2. The lowest BCUT2D eigenvalue weighted by Crippen LogP contribution is -2.37. The van der Waals surface area contributed by atoms with Gasteiger partial charge in [0.15, 0.2) is 0 Å². The fraction of sp³-hybridized carbons (Fsp3) is 0.552. The van der Waals surface area contributed by atoms with Crippen LogP contribution in [0.4, 0.5) is 4.79 Å². The van der Waals surface area contributed by atoms with Gasteiger partial charge in [0.25, 0.3) is 0 Å². The van der Waals surface area contributed by atoms with Gasteiger partial charge in [-0.2, -0.15) is 0 Å². The topological polar surface area (TPSA) is 165 Å². The molecule has 13 heteroatoms. The molecule has 236 valence electrons. The summed E-state index contributed by atoms with van der Waals surface area (Å²) in [5.74, 6) is -2.36. The van der Waals surface area contributed by atoms with Gasteiger partial charge in [-0.25, -0.2) is 24.0 Å². The van der Waals surface area contributed by atoms with Crippen molar-refractivity contribution >= 4 is 29.9 Å². The number of hydrogen-bond donors (Lipinski definition) is 2. The molecule has 0 aliphatic rings. The van der Waals surface area contributed by atoms with Crippen LogP contribution in [0.15, 0.2) is 48.6 Å². The van der Waals surface area contributed by atoms with E-state index in [1.54, 1.807) is 0 Å². The monoisotopic (exact) mass is 596 g/mol. The predicted molar refractivity (Wildman–Crippen MR) is 153 cm³/mol. The smallest absolute Gasteiger partial charge is 0.333 e. The lowest BCUT2D eigenvalue weighted by Gasteiger charge is -2.18. The molecular weight excluding hydrogens is 552 g/mol. The normalized spacial score (nSPS) is 10.4. The first-order valence-electron chi connectivity index (χ1n) is 13.3. The second-order valence-corrected chi connectivity index (χ2v) is 9.39. The van der Waals surface area contributed by atoms with Crippen LogP contribution in [0, 0.1) is 0 Å². The largest absolute Gasteiger partial charge is 0.459 e. The summed E-state index contributed by atoms with van der Waals surface area (Å²) in [7, 11) is 0. The molecule has 0 aromatic rings. The van der Waals surface area contributed by atoms with Gasteiger partial charge >= 0.3 is 29.9 Å². The Labute approximate surface area is 247 Å². The molecule has 0 aromatic heterocycles. The van der Waals surface area contributed by atoms with Gasteiger partial charge in [0.05, 0.1) is 0 Å². The summed E-state index contributed by atoms with van der Waals surface area (Å²) in [6.45, 7) is 20.5. The lowest BCUT2D eigenvalue weighted by atomic mass is 10.3. The summed E-state index contributed by atoms with van der Waals surface area (Å²) in [5.41, 5.74) is 0.898. The van der Waals surface area contributed by atoms with E-state index in [9.17, 15) is 24.0 Å². The molecule has 0 spiro atoms. The van der Waals surface area contributed by atoms with Crippen molar-refractivity contribution in [3.8, 4) is 0 Å². The molecule has 0 atom stereocenters. The zero-order valence-electron chi connectivity index (χ0n) is 25.0. The van der Waals surface area contributed by atoms with Crippen molar-refractivity contribution in [3.63, 3.8) is 0 Å². The number of hydrogen-bond acceptors (Lipinski definition) is 11. The van der Waals surface area contributed by atoms with Crippen molar-refractivity contribution < 1.29 is 52.4 Å². The summed E-state index contributed by atoms with van der Waals surface area (Å²) < 4.78 is 31.6. The molecule has 0 saturated heterocycles. The maximum Gasteiger partial charge on any atom is 0.333 e. The van der Waals surface area contributed by atoms with E-state index in [4.69, 9.17) is 28.4 Å². The minimum atomic E-state index is -0.706. The lowest BCUT2D eigenvalue weighted by molar-refractivity contribution is -0.151. The fourth-order valence-electron chi connectivity index (χ4n) is 2.57. The Bertz CT molecular complexity index is 854. The summed E-state index contributed by atoms with van der Waals surface area (Å²) in [5, 5.41) is 5.35. The predicted octanol–water partition coefficient (Wildman–Crippen LogP) is 2.31. The van der Waals surface area contributed by atoms with Crippen LogP contribution >= 0.6 is 0 Å². The Hall–Kier alpha value is -3.97. The van der Waals surface area contributed by atoms with Crippen molar-refractivity contribution in [1.82, 2.24) is 10.6 Å². The quantitative estimate of drug-likeness (QED) is 0.0815. The Morgan fingerprint density at radius 3 is 1.02 bits per heavy atom. The number of nitrogens with one attached hydrogen (secondary N) is 2. The first-order valence-corrected chi connectivity index (χ1v) is 13.3. The van der Waals surface area contributed by atoms with Gasteiger partial charge in [-0.15, -0.1) is 0 Å². The molecule has 2 N–H and O–H groups in total. The average Bonchev–Trinajstić information content (AvgIpc) is 2.93. The van der Waals surface area contributed by atoms with Crippen LogP contribution in [0.2, 0.25) is 0 Å². The Balaban J connectivity index is 4.36.